The Balaban J connectivity index is 2.21. The first-order valence-corrected chi connectivity index (χ1v) is 8.82. The van der Waals surface area contributed by atoms with Gasteiger partial charge in [-0.1, -0.05) is 32.4 Å². The number of aromatic nitrogens is 4. The largest absolute Gasteiger partial charge is 0.341 e. The van der Waals surface area contributed by atoms with Crippen LogP contribution < -0.4 is 0 Å². The SMILES string of the molecule is CCCN(CCC)C(=O)C(CC)n1nnc(-c2ccc(Cl)cc2)n1. The second kappa shape index (κ2) is 8.78. The molecule has 0 aliphatic carbocycles. The smallest absolute Gasteiger partial charge is 0.249 e. The number of carbonyl (C=O) groups excluding carboxylic acids is 1. The van der Waals surface area contributed by atoms with Crippen molar-refractivity contribution in [2.45, 2.75) is 46.1 Å². The Morgan fingerprint density at radius 2 is 1.79 bits per heavy atom. The lowest BCUT2D eigenvalue weighted by Gasteiger charge is -2.25. The highest BCUT2D eigenvalue weighted by Gasteiger charge is 2.26. The number of nitrogens with zero attached hydrogens (tertiary/aromatic N) is 5. The molecule has 24 heavy (non-hydrogen) atoms. The lowest BCUT2D eigenvalue weighted by atomic mass is 10.2. The van der Waals surface area contributed by atoms with Crippen LogP contribution in [0.15, 0.2) is 24.3 Å². The minimum Gasteiger partial charge on any atom is -0.341 e. The zero-order chi connectivity index (χ0) is 17.5. The number of carbonyl (C=O) groups is 1. The molecule has 1 heterocycles. The maximum atomic E-state index is 12.8. The molecule has 1 amide bonds. The van der Waals surface area contributed by atoms with Gasteiger partial charge in [0.2, 0.25) is 11.7 Å². The lowest BCUT2D eigenvalue weighted by molar-refractivity contribution is -0.135. The van der Waals surface area contributed by atoms with Crippen molar-refractivity contribution in [1.29, 1.82) is 0 Å². The fraction of sp³-hybridized carbons (Fsp3) is 0.529. The van der Waals surface area contributed by atoms with Crippen LogP contribution in [0, 0.1) is 0 Å². The van der Waals surface area contributed by atoms with Crippen LogP contribution in [0.25, 0.3) is 11.4 Å². The first kappa shape index (κ1) is 18.4. The summed E-state index contributed by atoms with van der Waals surface area (Å²) in [7, 11) is 0. The van der Waals surface area contributed by atoms with Crippen LogP contribution >= 0.6 is 11.6 Å². The van der Waals surface area contributed by atoms with E-state index in [0.29, 0.717) is 17.3 Å². The molecule has 0 spiro atoms. The Morgan fingerprint density at radius 3 is 2.33 bits per heavy atom. The molecule has 0 aliphatic heterocycles. The summed E-state index contributed by atoms with van der Waals surface area (Å²) in [6.07, 6.45) is 2.49. The van der Waals surface area contributed by atoms with Gasteiger partial charge in [0.05, 0.1) is 0 Å². The zero-order valence-corrected chi connectivity index (χ0v) is 15.2. The van der Waals surface area contributed by atoms with E-state index in [1.165, 1.54) is 4.80 Å². The van der Waals surface area contributed by atoms with Crippen LogP contribution in [0.3, 0.4) is 0 Å². The van der Waals surface area contributed by atoms with Gasteiger partial charge in [0.1, 0.15) is 0 Å². The molecule has 6 nitrogen and oxygen atoms in total. The normalized spacial score (nSPS) is 12.2. The van der Waals surface area contributed by atoms with Gasteiger partial charge in [0.15, 0.2) is 6.04 Å². The predicted molar refractivity (Wildman–Crippen MR) is 94.8 cm³/mol. The van der Waals surface area contributed by atoms with Gasteiger partial charge < -0.3 is 4.90 Å². The van der Waals surface area contributed by atoms with Crippen molar-refractivity contribution in [3.63, 3.8) is 0 Å². The van der Waals surface area contributed by atoms with Crippen LogP contribution in [0.4, 0.5) is 0 Å². The zero-order valence-electron chi connectivity index (χ0n) is 14.4. The number of tetrazole rings is 1. The first-order chi connectivity index (χ1) is 11.6. The van der Waals surface area contributed by atoms with Crippen molar-refractivity contribution >= 4 is 17.5 Å². The van der Waals surface area contributed by atoms with Gasteiger partial charge in [0.25, 0.3) is 0 Å². The Bertz CT molecular complexity index is 649. The molecule has 0 N–H and O–H groups in total. The molecule has 1 aromatic carbocycles. The van der Waals surface area contributed by atoms with Crippen LogP contribution in [0.1, 0.15) is 46.1 Å². The first-order valence-electron chi connectivity index (χ1n) is 8.44. The number of hydrogen-bond acceptors (Lipinski definition) is 4. The third kappa shape index (κ3) is 4.32. The van der Waals surface area contributed by atoms with Crippen LogP contribution in [0.5, 0.6) is 0 Å². The van der Waals surface area contributed by atoms with Crippen molar-refractivity contribution in [3.05, 3.63) is 29.3 Å². The van der Waals surface area contributed by atoms with Gasteiger partial charge >= 0.3 is 0 Å². The van der Waals surface area contributed by atoms with Gasteiger partial charge in [-0.25, -0.2) is 0 Å². The minimum atomic E-state index is -0.420. The van der Waals surface area contributed by atoms with Crippen LogP contribution in [-0.2, 0) is 4.79 Å². The number of halogens is 1. The van der Waals surface area contributed by atoms with Gasteiger partial charge in [-0.15, -0.1) is 10.2 Å². The van der Waals surface area contributed by atoms with Crippen LogP contribution in [-0.4, -0.2) is 44.1 Å². The van der Waals surface area contributed by atoms with E-state index in [1.54, 1.807) is 12.1 Å². The molecule has 0 saturated heterocycles. The molecule has 7 heteroatoms. The predicted octanol–water partition coefficient (Wildman–Crippen LogP) is 3.59. The Kier molecular flexibility index (Phi) is 6.73. The molecule has 0 radical (unpaired) electrons. The van der Waals surface area contributed by atoms with E-state index in [1.807, 2.05) is 24.0 Å². The molecular formula is C17H24ClN5O. The van der Waals surface area contributed by atoms with E-state index in [4.69, 9.17) is 11.6 Å². The van der Waals surface area contributed by atoms with E-state index < -0.39 is 6.04 Å². The lowest BCUT2D eigenvalue weighted by Crippen LogP contribution is -2.39. The summed E-state index contributed by atoms with van der Waals surface area (Å²) in [6.45, 7) is 7.61. The Labute approximate surface area is 147 Å². The summed E-state index contributed by atoms with van der Waals surface area (Å²) in [5, 5.41) is 13.3. The standard InChI is InChI=1S/C17H24ClN5O/c1-4-11-22(12-5-2)17(24)15(6-3)23-20-16(19-21-23)13-7-9-14(18)10-8-13/h7-10,15H,4-6,11-12H2,1-3H3. The van der Waals surface area contributed by atoms with Gasteiger partial charge in [0, 0.05) is 23.7 Å². The van der Waals surface area contributed by atoms with Gasteiger partial charge in [-0.2, -0.15) is 4.80 Å². The van der Waals surface area contributed by atoms with Crippen molar-refractivity contribution in [2.75, 3.05) is 13.1 Å². The average molecular weight is 350 g/mol. The number of hydrogen-bond donors (Lipinski definition) is 0. The summed E-state index contributed by atoms with van der Waals surface area (Å²) in [5.74, 6) is 0.553. The van der Waals surface area contributed by atoms with E-state index in [-0.39, 0.29) is 5.91 Å². The molecule has 0 aliphatic rings. The highest BCUT2D eigenvalue weighted by atomic mass is 35.5. The molecule has 1 aromatic heterocycles. The van der Waals surface area contributed by atoms with E-state index in [9.17, 15) is 4.79 Å². The highest BCUT2D eigenvalue weighted by Crippen LogP contribution is 2.19. The van der Waals surface area contributed by atoms with E-state index in [2.05, 4.69) is 29.3 Å². The van der Waals surface area contributed by atoms with E-state index in [0.717, 1.165) is 31.5 Å². The van der Waals surface area contributed by atoms with Crippen molar-refractivity contribution in [1.82, 2.24) is 25.1 Å². The summed E-state index contributed by atoms with van der Waals surface area (Å²) >= 11 is 5.90. The monoisotopic (exact) mass is 349 g/mol. The molecule has 1 atom stereocenters. The summed E-state index contributed by atoms with van der Waals surface area (Å²) < 4.78 is 0. The Morgan fingerprint density at radius 1 is 1.17 bits per heavy atom. The molecule has 0 bridgehead atoms. The van der Waals surface area contributed by atoms with Gasteiger partial charge in [-0.05, 0) is 48.7 Å². The number of amides is 1. The molecule has 2 aromatic rings. The van der Waals surface area contributed by atoms with E-state index >= 15 is 0 Å². The topological polar surface area (TPSA) is 63.9 Å². The van der Waals surface area contributed by atoms with Crippen molar-refractivity contribution < 1.29 is 4.79 Å². The third-order valence-electron chi connectivity index (χ3n) is 3.78. The number of benzene rings is 1. The Hall–Kier alpha value is -1.95. The van der Waals surface area contributed by atoms with Gasteiger partial charge in [-0.3, -0.25) is 4.79 Å². The second-order valence-corrected chi connectivity index (χ2v) is 6.13. The molecule has 130 valence electrons. The maximum Gasteiger partial charge on any atom is 0.249 e. The van der Waals surface area contributed by atoms with Crippen molar-refractivity contribution in [2.24, 2.45) is 0 Å². The summed E-state index contributed by atoms with van der Waals surface area (Å²) in [6, 6.07) is 6.82. The summed E-state index contributed by atoms with van der Waals surface area (Å²) in [4.78, 5) is 16.1. The summed E-state index contributed by atoms with van der Waals surface area (Å²) in [5.41, 5.74) is 0.826. The van der Waals surface area contributed by atoms with Crippen LogP contribution in [0.2, 0.25) is 5.02 Å². The number of rotatable bonds is 8. The molecular weight excluding hydrogens is 326 g/mol. The minimum absolute atomic E-state index is 0.0567. The fourth-order valence-electron chi connectivity index (χ4n) is 2.59. The average Bonchev–Trinajstić information content (AvgIpc) is 3.05. The third-order valence-corrected chi connectivity index (χ3v) is 4.03. The molecule has 0 fully saturated rings. The second-order valence-electron chi connectivity index (χ2n) is 5.69. The van der Waals surface area contributed by atoms with Crippen molar-refractivity contribution in [3.8, 4) is 11.4 Å². The molecule has 0 saturated carbocycles. The molecule has 1 unspecified atom stereocenters. The maximum absolute atomic E-state index is 12.8. The quantitative estimate of drug-likeness (QED) is 0.730. The molecule has 2 rings (SSSR count). The highest BCUT2D eigenvalue weighted by molar-refractivity contribution is 6.30. The fourth-order valence-corrected chi connectivity index (χ4v) is 2.72.